The lowest BCUT2D eigenvalue weighted by atomic mass is 10.1. The van der Waals surface area contributed by atoms with E-state index in [1.165, 1.54) is 0 Å². The maximum Gasteiger partial charge on any atom is 0.141 e. The third-order valence-electron chi connectivity index (χ3n) is 3.72. The zero-order valence-corrected chi connectivity index (χ0v) is 12.4. The Labute approximate surface area is 123 Å². The SMILES string of the molecule is CCn1c(-c2ccc(O)cc2C)nc2cc(OC)ccc21. The summed E-state index contributed by atoms with van der Waals surface area (Å²) in [7, 11) is 1.66. The van der Waals surface area contributed by atoms with Crippen LogP contribution in [-0.4, -0.2) is 21.8 Å². The summed E-state index contributed by atoms with van der Waals surface area (Å²) >= 11 is 0. The number of phenols is 1. The van der Waals surface area contributed by atoms with Crippen molar-refractivity contribution in [1.82, 2.24) is 9.55 Å². The highest BCUT2D eigenvalue weighted by atomic mass is 16.5. The predicted octanol–water partition coefficient (Wildman–Crippen LogP) is 3.75. The fourth-order valence-electron chi connectivity index (χ4n) is 2.66. The van der Waals surface area contributed by atoms with Gasteiger partial charge in [-0.2, -0.15) is 0 Å². The summed E-state index contributed by atoms with van der Waals surface area (Å²) < 4.78 is 7.44. The van der Waals surface area contributed by atoms with Gasteiger partial charge in [0.1, 0.15) is 17.3 Å². The molecule has 0 spiro atoms. The quantitative estimate of drug-likeness (QED) is 0.796. The first-order chi connectivity index (χ1) is 10.1. The Morgan fingerprint density at radius 3 is 2.67 bits per heavy atom. The van der Waals surface area contributed by atoms with Gasteiger partial charge in [0.25, 0.3) is 0 Å². The maximum atomic E-state index is 9.58. The number of aryl methyl sites for hydroxylation is 2. The van der Waals surface area contributed by atoms with Crippen LogP contribution in [0, 0.1) is 6.92 Å². The minimum Gasteiger partial charge on any atom is -0.508 e. The van der Waals surface area contributed by atoms with Crippen LogP contribution in [-0.2, 0) is 6.54 Å². The fourth-order valence-corrected chi connectivity index (χ4v) is 2.66. The van der Waals surface area contributed by atoms with Crippen molar-refractivity contribution in [2.45, 2.75) is 20.4 Å². The Kier molecular flexibility index (Phi) is 3.29. The van der Waals surface area contributed by atoms with Gasteiger partial charge in [0.15, 0.2) is 0 Å². The largest absolute Gasteiger partial charge is 0.508 e. The highest BCUT2D eigenvalue weighted by Gasteiger charge is 2.14. The Bertz CT molecular complexity index is 806. The molecule has 0 aliphatic carbocycles. The lowest BCUT2D eigenvalue weighted by Crippen LogP contribution is -1.98. The van der Waals surface area contributed by atoms with Gasteiger partial charge >= 0.3 is 0 Å². The van der Waals surface area contributed by atoms with Crippen molar-refractivity contribution in [2.24, 2.45) is 0 Å². The van der Waals surface area contributed by atoms with Gasteiger partial charge in [0.05, 0.1) is 18.1 Å². The molecule has 0 aliphatic rings. The van der Waals surface area contributed by atoms with Gasteiger partial charge in [-0.05, 0) is 49.7 Å². The summed E-state index contributed by atoms with van der Waals surface area (Å²) in [5.41, 5.74) is 4.04. The molecule has 3 aromatic rings. The summed E-state index contributed by atoms with van der Waals surface area (Å²) in [6.45, 7) is 4.91. The summed E-state index contributed by atoms with van der Waals surface area (Å²) in [4.78, 5) is 4.75. The van der Waals surface area contributed by atoms with Crippen LogP contribution in [0.4, 0.5) is 0 Å². The Balaban J connectivity index is 2.26. The maximum absolute atomic E-state index is 9.58. The van der Waals surface area contributed by atoms with E-state index in [-0.39, 0.29) is 5.75 Å². The van der Waals surface area contributed by atoms with Gasteiger partial charge in [-0.3, -0.25) is 0 Å². The molecule has 21 heavy (non-hydrogen) atoms. The third-order valence-corrected chi connectivity index (χ3v) is 3.72. The lowest BCUT2D eigenvalue weighted by molar-refractivity contribution is 0.415. The number of ether oxygens (including phenoxy) is 1. The predicted molar refractivity (Wildman–Crippen MR) is 83.8 cm³/mol. The first kappa shape index (κ1) is 13.5. The molecule has 4 nitrogen and oxygen atoms in total. The number of hydrogen-bond donors (Lipinski definition) is 1. The number of phenolic OH excluding ortho intramolecular Hbond substituents is 1. The topological polar surface area (TPSA) is 47.3 Å². The zero-order valence-electron chi connectivity index (χ0n) is 12.4. The summed E-state index contributed by atoms with van der Waals surface area (Å²) in [6.07, 6.45) is 0. The minimum atomic E-state index is 0.275. The van der Waals surface area contributed by atoms with Crippen LogP contribution in [0.5, 0.6) is 11.5 Å². The lowest BCUT2D eigenvalue weighted by Gasteiger charge is -2.09. The molecule has 108 valence electrons. The summed E-state index contributed by atoms with van der Waals surface area (Å²) in [5.74, 6) is 1.99. The second kappa shape index (κ2) is 5.13. The Morgan fingerprint density at radius 2 is 2.00 bits per heavy atom. The van der Waals surface area contributed by atoms with Crippen molar-refractivity contribution >= 4 is 11.0 Å². The van der Waals surface area contributed by atoms with Gasteiger partial charge in [0.2, 0.25) is 0 Å². The van der Waals surface area contributed by atoms with E-state index in [4.69, 9.17) is 9.72 Å². The molecular formula is C17H18N2O2. The molecule has 2 aromatic carbocycles. The van der Waals surface area contributed by atoms with Gasteiger partial charge in [0, 0.05) is 18.2 Å². The van der Waals surface area contributed by atoms with Gasteiger partial charge in [-0.25, -0.2) is 4.98 Å². The molecule has 0 bridgehead atoms. The van der Waals surface area contributed by atoms with Crippen molar-refractivity contribution in [3.63, 3.8) is 0 Å². The molecule has 1 heterocycles. The van der Waals surface area contributed by atoms with Crippen molar-refractivity contribution in [2.75, 3.05) is 7.11 Å². The Morgan fingerprint density at radius 1 is 1.19 bits per heavy atom. The first-order valence-corrected chi connectivity index (χ1v) is 6.98. The van der Waals surface area contributed by atoms with Crippen molar-refractivity contribution in [3.05, 3.63) is 42.0 Å². The second-order valence-corrected chi connectivity index (χ2v) is 5.03. The van der Waals surface area contributed by atoms with E-state index < -0.39 is 0 Å². The van der Waals surface area contributed by atoms with E-state index in [0.29, 0.717) is 0 Å². The van der Waals surface area contributed by atoms with E-state index in [0.717, 1.165) is 40.3 Å². The number of imidazole rings is 1. The van der Waals surface area contributed by atoms with Crippen LogP contribution in [0.15, 0.2) is 36.4 Å². The van der Waals surface area contributed by atoms with Crippen LogP contribution in [0.2, 0.25) is 0 Å². The number of fused-ring (bicyclic) bond motifs is 1. The van der Waals surface area contributed by atoms with Crippen LogP contribution >= 0.6 is 0 Å². The van der Waals surface area contributed by atoms with E-state index in [1.54, 1.807) is 19.2 Å². The minimum absolute atomic E-state index is 0.275. The number of aromatic nitrogens is 2. The Hall–Kier alpha value is -2.49. The average molecular weight is 282 g/mol. The summed E-state index contributed by atoms with van der Waals surface area (Å²) in [5, 5.41) is 9.58. The monoisotopic (exact) mass is 282 g/mol. The molecule has 1 aromatic heterocycles. The number of aromatic hydroxyl groups is 1. The number of nitrogens with zero attached hydrogens (tertiary/aromatic N) is 2. The van der Waals surface area contributed by atoms with E-state index >= 15 is 0 Å². The smallest absolute Gasteiger partial charge is 0.141 e. The van der Waals surface area contributed by atoms with E-state index in [9.17, 15) is 5.11 Å². The number of rotatable bonds is 3. The van der Waals surface area contributed by atoms with Crippen LogP contribution in [0.1, 0.15) is 12.5 Å². The molecule has 0 unspecified atom stereocenters. The molecule has 0 amide bonds. The first-order valence-electron chi connectivity index (χ1n) is 6.98. The van der Waals surface area contributed by atoms with E-state index in [1.807, 2.05) is 31.2 Å². The number of benzene rings is 2. The van der Waals surface area contributed by atoms with Crippen LogP contribution in [0.25, 0.3) is 22.4 Å². The zero-order chi connectivity index (χ0) is 15.0. The third kappa shape index (κ3) is 2.23. The average Bonchev–Trinajstić information content (AvgIpc) is 2.84. The standard InChI is InChI=1S/C17H18N2O2/c1-4-19-16-8-6-13(21-3)10-15(16)18-17(19)14-7-5-12(20)9-11(14)2/h5-10,20H,4H2,1-3H3. The highest BCUT2D eigenvalue weighted by molar-refractivity contribution is 5.82. The molecular weight excluding hydrogens is 264 g/mol. The molecule has 0 saturated heterocycles. The molecule has 0 radical (unpaired) electrons. The second-order valence-electron chi connectivity index (χ2n) is 5.03. The van der Waals surface area contributed by atoms with Crippen LogP contribution in [0.3, 0.4) is 0 Å². The summed E-state index contributed by atoms with van der Waals surface area (Å²) in [6, 6.07) is 11.3. The highest BCUT2D eigenvalue weighted by Crippen LogP contribution is 2.30. The fraction of sp³-hybridized carbons (Fsp3) is 0.235. The van der Waals surface area contributed by atoms with E-state index in [2.05, 4.69) is 11.5 Å². The molecule has 0 fully saturated rings. The van der Waals surface area contributed by atoms with Gasteiger partial charge < -0.3 is 14.4 Å². The number of hydrogen-bond acceptors (Lipinski definition) is 3. The van der Waals surface area contributed by atoms with Crippen LogP contribution < -0.4 is 4.74 Å². The van der Waals surface area contributed by atoms with Gasteiger partial charge in [-0.15, -0.1) is 0 Å². The van der Waals surface area contributed by atoms with Gasteiger partial charge in [-0.1, -0.05) is 0 Å². The van der Waals surface area contributed by atoms with Crippen molar-refractivity contribution in [1.29, 1.82) is 0 Å². The molecule has 1 N–H and O–H groups in total. The molecule has 4 heteroatoms. The molecule has 0 aliphatic heterocycles. The number of methoxy groups -OCH3 is 1. The molecule has 0 atom stereocenters. The van der Waals surface area contributed by atoms with Crippen molar-refractivity contribution in [3.8, 4) is 22.9 Å². The molecule has 3 rings (SSSR count). The normalized spacial score (nSPS) is 11.0. The van der Waals surface area contributed by atoms with Crippen molar-refractivity contribution < 1.29 is 9.84 Å². The molecule has 0 saturated carbocycles.